The lowest BCUT2D eigenvalue weighted by Crippen LogP contribution is -2.14. The molecule has 1 rings (SSSR count). The Bertz CT molecular complexity index is 339. The first-order valence-electron chi connectivity index (χ1n) is 4.88. The quantitative estimate of drug-likeness (QED) is 0.803. The maximum Gasteiger partial charge on any atom is 0.522 e. The molecule has 1 aromatic rings. The Morgan fingerprint density at radius 2 is 2.06 bits per heavy atom. The van der Waals surface area contributed by atoms with Gasteiger partial charge >= 0.3 is 6.36 Å². The lowest BCUT2D eigenvalue weighted by atomic mass is 10.1. The molecule has 0 atom stereocenters. The molecule has 0 unspecified atom stereocenters. The molecule has 0 aliphatic rings. The van der Waals surface area contributed by atoms with Crippen molar-refractivity contribution in [3.8, 4) is 0 Å². The average Bonchev–Trinajstić information content (AvgIpc) is 2.13. The molecule has 0 spiro atoms. The van der Waals surface area contributed by atoms with Gasteiger partial charge in [0.25, 0.3) is 0 Å². The van der Waals surface area contributed by atoms with E-state index in [9.17, 15) is 13.2 Å². The highest BCUT2D eigenvalue weighted by Crippen LogP contribution is 2.18. The maximum absolute atomic E-state index is 11.8. The molecule has 0 bridgehead atoms. The van der Waals surface area contributed by atoms with Gasteiger partial charge in [-0.05, 0) is 12.0 Å². The zero-order valence-electron chi connectivity index (χ0n) is 9.08. The summed E-state index contributed by atoms with van der Waals surface area (Å²) in [4.78, 5) is 7.96. The van der Waals surface area contributed by atoms with Crippen LogP contribution in [0.2, 0.25) is 0 Å². The molecule has 1 heterocycles. The van der Waals surface area contributed by atoms with Gasteiger partial charge in [0, 0.05) is 12.6 Å². The molecule has 0 radical (unpaired) electrons. The number of hydrogen-bond donors (Lipinski definition) is 0. The van der Waals surface area contributed by atoms with Crippen LogP contribution in [-0.2, 0) is 17.8 Å². The fourth-order valence-electron chi connectivity index (χ4n) is 1.14. The molecule has 16 heavy (non-hydrogen) atoms. The van der Waals surface area contributed by atoms with Crippen LogP contribution in [0.15, 0.2) is 12.3 Å². The number of aromatic nitrogens is 2. The first-order valence-corrected chi connectivity index (χ1v) is 4.88. The van der Waals surface area contributed by atoms with E-state index in [1.165, 1.54) is 12.3 Å². The largest absolute Gasteiger partial charge is 0.522 e. The highest BCUT2D eigenvalue weighted by molar-refractivity contribution is 5.01. The van der Waals surface area contributed by atoms with Crippen molar-refractivity contribution in [3.63, 3.8) is 0 Å². The van der Waals surface area contributed by atoms with Gasteiger partial charge in [0.2, 0.25) is 0 Å². The first-order chi connectivity index (χ1) is 7.37. The molecule has 0 aliphatic carbocycles. The van der Waals surface area contributed by atoms with Gasteiger partial charge in [-0.25, -0.2) is 9.97 Å². The third-order valence-corrected chi connectivity index (χ3v) is 1.74. The highest BCUT2D eigenvalue weighted by Gasteiger charge is 2.29. The Kier molecular flexibility index (Phi) is 4.23. The molecule has 0 amide bonds. The van der Waals surface area contributed by atoms with Crippen LogP contribution >= 0.6 is 0 Å². The van der Waals surface area contributed by atoms with Crippen LogP contribution in [0.25, 0.3) is 0 Å². The van der Waals surface area contributed by atoms with Gasteiger partial charge < -0.3 is 0 Å². The topological polar surface area (TPSA) is 35.0 Å². The molecule has 0 fully saturated rings. The Hall–Kier alpha value is -1.17. The molecule has 1 aromatic heterocycles. The number of nitrogens with zero attached hydrogens (tertiary/aromatic N) is 2. The molecule has 3 nitrogen and oxygen atoms in total. The number of ether oxygens (including phenoxy) is 1. The molecular formula is C10H13F3N2O. The van der Waals surface area contributed by atoms with E-state index in [2.05, 4.69) is 14.7 Å². The van der Waals surface area contributed by atoms with E-state index in [1.54, 1.807) is 0 Å². The molecule has 0 N–H and O–H groups in total. The first kappa shape index (κ1) is 12.9. The van der Waals surface area contributed by atoms with Crippen molar-refractivity contribution in [1.82, 2.24) is 9.97 Å². The number of alkyl halides is 3. The molecule has 0 aromatic carbocycles. The summed E-state index contributed by atoms with van der Waals surface area (Å²) in [5.41, 5.74) is 0.239. The van der Waals surface area contributed by atoms with Gasteiger partial charge in [0.15, 0.2) is 0 Å². The number of rotatable bonds is 4. The number of halogens is 3. The standard InChI is InChI=1S/C10H13F3N2O/c1-7(2)5-9-14-4-3-8(15-9)6-16-10(11,12)13/h3-4,7H,5-6H2,1-2H3. The minimum Gasteiger partial charge on any atom is -0.285 e. The molecule has 0 aliphatic heterocycles. The zero-order chi connectivity index (χ0) is 12.2. The summed E-state index contributed by atoms with van der Waals surface area (Å²) < 4.78 is 39.0. The molecule has 0 saturated heterocycles. The van der Waals surface area contributed by atoms with Crippen LogP contribution in [0.5, 0.6) is 0 Å². The Morgan fingerprint density at radius 3 is 2.62 bits per heavy atom. The van der Waals surface area contributed by atoms with Gasteiger partial charge in [-0.1, -0.05) is 13.8 Å². The summed E-state index contributed by atoms with van der Waals surface area (Å²) in [5, 5.41) is 0. The molecule has 0 saturated carbocycles. The minimum absolute atomic E-state index is 0.239. The smallest absolute Gasteiger partial charge is 0.285 e. The van der Waals surface area contributed by atoms with Gasteiger partial charge in [-0.2, -0.15) is 0 Å². The molecular weight excluding hydrogens is 221 g/mol. The Balaban J connectivity index is 2.60. The van der Waals surface area contributed by atoms with Crippen LogP contribution < -0.4 is 0 Å². The molecule has 90 valence electrons. The second kappa shape index (κ2) is 5.25. The van der Waals surface area contributed by atoms with Gasteiger partial charge in [-0.3, -0.25) is 4.74 Å². The SMILES string of the molecule is CC(C)Cc1nccc(COC(F)(F)F)n1. The second-order valence-corrected chi connectivity index (χ2v) is 3.80. The van der Waals surface area contributed by atoms with Crippen molar-refractivity contribution < 1.29 is 17.9 Å². The van der Waals surface area contributed by atoms with Crippen molar-refractivity contribution in [2.45, 2.75) is 33.2 Å². The second-order valence-electron chi connectivity index (χ2n) is 3.80. The van der Waals surface area contributed by atoms with E-state index < -0.39 is 13.0 Å². The van der Waals surface area contributed by atoms with Gasteiger partial charge in [0.05, 0.1) is 12.3 Å². The van der Waals surface area contributed by atoms with Crippen LogP contribution in [0.4, 0.5) is 13.2 Å². The fourth-order valence-corrected chi connectivity index (χ4v) is 1.14. The summed E-state index contributed by atoms with van der Waals surface area (Å²) in [6.45, 7) is 3.40. The van der Waals surface area contributed by atoms with E-state index in [0.29, 0.717) is 18.2 Å². The van der Waals surface area contributed by atoms with Gasteiger partial charge in [0.1, 0.15) is 5.82 Å². The summed E-state index contributed by atoms with van der Waals surface area (Å²) in [6, 6.07) is 1.41. The molecule has 6 heteroatoms. The Morgan fingerprint density at radius 1 is 1.38 bits per heavy atom. The van der Waals surface area contributed by atoms with Gasteiger partial charge in [-0.15, -0.1) is 13.2 Å². The van der Waals surface area contributed by atoms with Crippen molar-refractivity contribution in [2.24, 2.45) is 5.92 Å². The zero-order valence-corrected chi connectivity index (χ0v) is 9.08. The number of hydrogen-bond acceptors (Lipinski definition) is 3. The maximum atomic E-state index is 11.8. The van der Waals surface area contributed by atoms with Crippen molar-refractivity contribution in [2.75, 3.05) is 0 Å². The normalized spacial score (nSPS) is 12.1. The van der Waals surface area contributed by atoms with Crippen LogP contribution in [0.3, 0.4) is 0 Å². The summed E-state index contributed by atoms with van der Waals surface area (Å²) in [6.07, 6.45) is -2.54. The fraction of sp³-hybridized carbons (Fsp3) is 0.600. The predicted molar refractivity (Wildman–Crippen MR) is 51.4 cm³/mol. The monoisotopic (exact) mass is 234 g/mol. The third kappa shape index (κ3) is 5.06. The average molecular weight is 234 g/mol. The van der Waals surface area contributed by atoms with E-state index >= 15 is 0 Å². The van der Waals surface area contributed by atoms with Crippen LogP contribution in [0.1, 0.15) is 25.4 Å². The lowest BCUT2D eigenvalue weighted by Gasteiger charge is -2.08. The van der Waals surface area contributed by atoms with E-state index in [0.717, 1.165) is 0 Å². The lowest BCUT2D eigenvalue weighted by molar-refractivity contribution is -0.330. The third-order valence-electron chi connectivity index (χ3n) is 1.74. The summed E-state index contributed by atoms with van der Waals surface area (Å²) in [7, 11) is 0. The van der Waals surface area contributed by atoms with E-state index in [-0.39, 0.29) is 5.69 Å². The highest BCUT2D eigenvalue weighted by atomic mass is 19.4. The van der Waals surface area contributed by atoms with E-state index in [4.69, 9.17) is 0 Å². The van der Waals surface area contributed by atoms with E-state index in [1.807, 2.05) is 13.8 Å². The van der Waals surface area contributed by atoms with Crippen molar-refractivity contribution in [3.05, 3.63) is 23.8 Å². The minimum atomic E-state index is -4.62. The van der Waals surface area contributed by atoms with Crippen LogP contribution in [-0.4, -0.2) is 16.3 Å². The van der Waals surface area contributed by atoms with Crippen molar-refractivity contribution in [1.29, 1.82) is 0 Å². The van der Waals surface area contributed by atoms with Crippen molar-refractivity contribution >= 4 is 0 Å². The van der Waals surface area contributed by atoms with Crippen LogP contribution in [0, 0.1) is 5.92 Å². The Labute approximate surface area is 91.7 Å². The summed E-state index contributed by atoms with van der Waals surface area (Å²) >= 11 is 0. The summed E-state index contributed by atoms with van der Waals surface area (Å²) in [5.74, 6) is 0.900. The predicted octanol–water partition coefficient (Wildman–Crippen LogP) is 2.71.